The van der Waals surface area contributed by atoms with E-state index in [1.807, 2.05) is 0 Å². The summed E-state index contributed by atoms with van der Waals surface area (Å²) in [5, 5.41) is 1.56. The number of nitrogens with zero attached hydrogens (tertiary/aromatic N) is 2. The molecule has 6 heteroatoms. The SMILES string of the molecule is [I][Hg][I].c1ccc(P(N2CCCCC2)N2CCCCC2)cc1. The van der Waals surface area contributed by atoms with Crippen LogP contribution in [0.25, 0.3) is 0 Å². The maximum absolute atomic E-state index is 2.78. The van der Waals surface area contributed by atoms with Crippen LogP contribution in [-0.2, 0) is 15.9 Å². The van der Waals surface area contributed by atoms with Crippen molar-refractivity contribution in [3.8, 4) is 0 Å². The van der Waals surface area contributed by atoms with Gasteiger partial charge < -0.3 is 0 Å². The first-order valence-corrected chi connectivity index (χ1v) is 40.5. The van der Waals surface area contributed by atoms with Gasteiger partial charge in [-0.05, 0) is 25.7 Å². The van der Waals surface area contributed by atoms with Crippen molar-refractivity contribution in [1.82, 2.24) is 9.34 Å². The van der Waals surface area contributed by atoms with E-state index in [1.54, 1.807) is 5.30 Å². The van der Waals surface area contributed by atoms with Gasteiger partial charge in [-0.1, -0.05) is 43.2 Å². The van der Waals surface area contributed by atoms with Crippen LogP contribution in [-0.4, -0.2) is 35.5 Å². The van der Waals surface area contributed by atoms with E-state index in [0.717, 1.165) is 0 Å². The second-order valence-electron chi connectivity index (χ2n) is 5.75. The van der Waals surface area contributed by atoms with Gasteiger partial charge in [-0.3, -0.25) is 9.34 Å². The summed E-state index contributed by atoms with van der Waals surface area (Å²) in [6.45, 7) is 5.21. The summed E-state index contributed by atoms with van der Waals surface area (Å²) < 4.78 is 5.55. The summed E-state index contributed by atoms with van der Waals surface area (Å²) in [5.41, 5.74) is 0. The summed E-state index contributed by atoms with van der Waals surface area (Å²) in [6, 6.07) is 11.2. The Morgan fingerprint density at radius 2 is 1.14 bits per heavy atom. The van der Waals surface area contributed by atoms with Crippen LogP contribution in [0.1, 0.15) is 38.5 Å². The predicted octanol–water partition coefficient (Wildman–Crippen LogP) is 5.36. The van der Waals surface area contributed by atoms with Crippen LogP contribution in [0, 0.1) is 0 Å². The largest absolute Gasteiger partial charge is 0.266 e. The van der Waals surface area contributed by atoms with Crippen LogP contribution < -0.4 is 5.30 Å². The maximum atomic E-state index is 2.78. The molecule has 2 nitrogen and oxygen atoms in total. The number of benzene rings is 1. The summed E-state index contributed by atoms with van der Waals surface area (Å²) in [6.07, 6.45) is 8.40. The van der Waals surface area contributed by atoms with Gasteiger partial charge in [-0.15, -0.1) is 0 Å². The van der Waals surface area contributed by atoms with E-state index in [0.29, 0.717) is 0 Å². The molecule has 1 aromatic carbocycles. The van der Waals surface area contributed by atoms with Crippen molar-refractivity contribution in [3.05, 3.63) is 30.3 Å². The van der Waals surface area contributed by atoms with Crippen molar-refractivity contribution in [2.24, 2.45) is 0 Å². The van der Waals surface area contributed by atoms with Crippen LogP contribution in [0.4, 0.5) is 0 Å². The van der Waals surface area contributed by atoms with Crippen LogP contribution in [0.15, 0.2) is 30.3 Å². The molecular formula is C16H25HgI2N2P. The van der Waals surface area contributed by atoms with Gasteiger partial charge in [-0.25, -0.2) is 0 Å². The van der Waals surface area contributed by atoms with E-state index in [-0.39, 0.29) is 24.1 Å². The Kier molecular flexibility index (Phi) is 11.4. The molecule has 22 heavy (non-hydrogen) atoms. The average molecular weight is 731 g/mol. The molecule has 0 aliphatic carbocycles. The van der Waals surface area contributed by atoms with Gasteiger partial charge in [0.05, 0.1) is 8.22 Å². The first kappa shape index (κ1) is 20.3. The Balaban J connectivity index is 0.000000545. The molecule has 2 heterocycles. The Morgan fingerprint density at radius 1 is 0.727 bits per heavy atom. The molecule has 0 aromatic heterocycles. The molecule has 0 spiro atoms. The molecule has 0 unspecified atom stereocenters. The molecule has 0 radical (unpaired) electrons. The molecule has 3 rings (SSSR count). The normalized spacial score (nSPS) is 20.1. The third kappa shape index (κ3) is 6.70. The summed E-state index contributed by atoms with van der Waals surface area (Å²) in [4.78, 5) is 0. The summed E-state index contributed by atoms with van der Waals surface area (Å²) in [5.74, 6) is 0. The zero-order chi connectivity index (χ0) is 15.6. The fourth-order valence-corrected chi connectivity index (χ4v) is 5.97. The zero-order valence-electron chi connectivity index (χ0n) is 13.3. The Labute approximate surface area is 167 Å². The second kappa shape index (κ2) is 12.3. The molecule has 0 bridgehead atoms. The van der Waals surface area contributed by atoms with Gasteiger partial charge in [0.25, 0.3) is 0 Å². The molecule has 0 saturated carbocycles. The molecule has 2 fully saturated rings. The maximum Gasteiger partial charge on any atom is 0.0724 e. The first-order chi connectivity index (χ1) is 10.9. The van der Waals surface area contributed by atoms with Crippen molar-refractivity contribution < 1.29 is 15.9 Å². The van der Waals surface area contributed by atoms with Gasteiger partial charge in [-0.2, -0.15) is 0 Å². The Morgan fingerprint density at radius 3 is 1.55 bits per heavy atom. The molecule has 120 valence electrons. The van der Waals surface area contributed by atoms with E-state index >= 15 is 0 Å². The summed E-state index contributed by atoms with van der Waals surface area (Å²) >= 11 is 4.85. The third-order valence-electron chi connectivity index (χ3n) is 4.19. The van der Waals surface area contributed by atoms with Crippen LogP contribution >= 0.6 is 43.6 Å². The number of hydrogen-bond acceptors (Lipinski definition) is 2. The third-order valence-corrected chi connectivity index (χ3v) is 6.82. The van der Waals surface area contributed by atoms with Crippen LogP contribution in [0.2, 0.25) is 0 Å². The van der Waals surface area contributed by atoms with Gasteiger partial charge in [0, 0.05) is 31.5 Å². The smallest absolute Gasteiger partial charge is 0.0724 e. The zero-order valence-corrected chi connectivity index (χ0v) is 24.0. The monoisotopic (exact) mass is 732 g/mol. The van der Waals surface area contributed by atoms with Gasteiger partial charge in [0.2, 0.25) is 0 Å². The fraction of sp³-hybridized carbons (Fsp3) is 0.625. The minimum Gasteiger partial charge on any atom is -0.266 e. The number of rotatable bonds is 3. The van der Waals surface area contributed by atoms with E-state index in [9.17, 15) is 0 Å². The quantitative estimate of drug-likeness (QED) is 0.235. The average Bonchev–Trinajstić information content (AvgIpc) is 2.59. The van der Waals surface area contributed by atoms with Gasteiger partial charge in [0.1, 0.15) is 0 Å². The molecule has 0 atom stereocenters. The fourth-order valence-electron chi connectivity index (χ4n) is 3.20. The van der Waals surface area contributed by atoms with Crippen LogP contribution in [0.5, 0.6) is 0 Å². The van der Waals surface area contributed by atoms with Gasteiger partial charge in [0.15, 0.2) is 0 Å². The van der Waals surface area contributed by atoms with Crippen molar-refractivity contribution in [1.29, 1.82) is 0 Å². The minimum atomic E-state index is -0.225. The Hall–Kier alpha value is 1.97. The first-order valence-electron chi connectivity index (χ1n) is 8.33. The van der Waals surface area contributed by atoms with Crippen molar-refractivity contribution in [3.63, 3.8) is 0 Å². The molecular weight excluding hydrogens is 706 g/mol. The molecule has 0 N–H and O–H groups in total. The van der Waals surface area contributed by atoms with Crippen molar-refractivity contribution >= 4 is 48.9 Å². The number of piperidine rings is 2. The molecule has 2 aliphatic heterocycles. The molecule has 0 amide bonds. The van der Waals surface area contributed by atoms with E-state index in [1.165, 1.54) is 64.7 Å². The predicted molar refractivity (Wildman–Crippen MR) is 112 cm³/mol. The number of hydrogen-bond donors (Lipinski definition) is 0. The van der Waals surface area contributed by atoms with E-state index < -0.39 is 0 Å². The molecule has 1 aromatic rings. The van der Waals surface area contributed by atoms with Crippen LogP contribution in [0.3, 0.4) is 0 Å². The van der Waals surface area contributed by atoms with Crippen molar-refractivity contribution in [2.75, 3.05) is 26.2 Å². The molecule has 2 aliphatic rings. The molecule has 2 saturated heterocycles. The Bertz CT molecular complexity index is 380. The minimum absolute atomic E-state index is 0.143. The van der Waals surface area contributed by atoms with Crippen molar-refractivity contribution in [2.45, 2.75) is 38.5 Å². The topological polar surface area (TPSA) is 6.48 Å². The summed E-state index contributed by atoms with van der Waals surface area (Å²) in [7, 11) is -0.225. The standard InChI is InChI=1S/C16H25N2P.Hg.2HI/c1-4-10-16(11-5-1)19(17-12-6-2-7-13-17)18-14-8-3-9-15-18;;;/h1,4-5,10-11H,2-3,6-9,12-15H2;;2*1H/q;+2;;/p-2. The van der Waals surface area contributed by atoms with Gasteiger partial charge >= 0.3 is 51.2 Å². The second-order valence-corrected chi connectivity index (χ2v) is 47.8. The van der Waals surface area contributed by atoms with E-state index in [2.05, 4.69) is 75.0 Å². The number of halogens is 2. The van der Waals surface area contributed by atoms with E-state index in [4.69, 9.17) is 0 Å².